The minimum absolute atomic E-state index is 0.224. The van der Waals surface area contributed by atoms with E-state index in [1.54, 1.807) is 0 Å². The molecule has 0 aliphatic carbocycles. The number of morpholine rings is 1. The van der Waals surface area contributed by atoms with Gasteiger partial charge in [0.1, 0.15) is 0 Å². The van der Waals surface area contributed by atoms with Crippen molar-refractivity contribution in [1.29, 1.82) is 0 Å². The molecule has 3 saturated heterocycles. The Morgan fingerprint density at radius 1 is 1.22 bits per heavy atom. The molecule has 0 bridgehead atoms. The first-order valence-corrected chi connectivity index (χ1v) is 12.4. The van der Waals surface area contributed by atoms with Crippen LogP contribution in [-0.2, 0) is 16.1 Å². The van der Waals surface area contributed by atoms with Crippen LogP contribution in [0.2, 0.25) is 0 Å². The van der Waals surface area contributed by atoms with Crippen LogP contribution in [0.15, 0.2) is 35.3 Å². The van der Waals surface area contributed by atoms with Crippen molar-refractivity contribution in [2.45, 2.75) is 64.3 Å². The van der Waals surface area contributed by atoms with E-state index in [0.29, 0.717) is 24.4 Å². The van der Waals surface area contributed by atoms with Crippen molar-refractivity contribution in [3.8, 4) is 0 Å². The minimum atomic E-state index is 0.224. The summed E-state index contributed by atoms with van der Waals surface area (Å²) < 4.78 is 6.16. The molecule has 3 heterocycles. The molecule has 1 amide bonds. The highest BCUT2D eigenvalue weighted by molar-refractivity contribution is 5.80. The second-order valence-electron chi connectivity index (χ2n) is 9.11. The van der Waals surface area contributed by atoms with E-state index in [9.17, 15) is 4.79 Å². The number of guanidine groups is 1. The molecule has 0 spiro atoms. The number of carbonyl (C=O) groups excluding carboxylic acids is 1. The van der Waals surface area contributed by atoms with Crippen molar-refractivity contribution in [2.75, 3.05) is 45.9 Å². The van der Waals surface area contributed by atoms with Gasteiger partial charge < -0.3 is 19.9 Å². The van der Waals surface area contributed by atoms with Gasteiger partial charge in [-0.1, -0.05) is 37.3 Å². The van der Waals surface area contributed by atoms with Gasteiger partial charge in [0.15, 0.2) is 5.96 Å². The Bertz CT molecular complexity index is 771. The van der Waals surface area contributed by atoms with Gasteiger partial charge in [0, 0.05) is 58.3 Å². The zero-order chi connectivity index (χ0) is 22.3. The van der Waals surface area contributed by atoms with E-state index in [-0.39, 0.29) is 6.10 Å². The maximum atomic E-state index is 12.1. The molecular formula is C25H39N5O2. The van der Waals surface area contributed by atoms with Crippen molar-refractivity contribution >= 4 is 11.9 Å². The molecule has 4 rings (SSSR count). The van der Waals surface area contributed by atoms with E-state index in [1.807, 2.05) is 0 Å². The highest BCUT2D eigenvalue weighted by Crippen LogP contribution is 2.25. The third kappa shape index (κ3) is 5.44. The molecule has 3 atom stereocenters. The number of amides is 1. The SMILES string of the molecule is CCNC(=NCCC(CC)N1CCCC1=O)N1CC2OCCN(Cc3ccccc3)C2C1. The monoisotopic (exact) mass is 441 g/mol. The summed E-state index contributed by atoms with van der Waals surface area (Å²) in [5.74, 6) is 1.29. The van der Waals surface area contributed by atoms with Crippen LogP contribution in [0.25, 0.3) is 0 Å². The molecule has 3 aliphatic heterocycles. The van der Waals surface area contributed by atoms with Gasteiger partial charge in [-0.25, -0.2) is 0 Å². The fourth-order valence-corrected chi connectivity index (χ4v) is 5.33. The van der Waals surface area contributed by atoms with E-state index in [0.717, 1.165) is 77.6 Å². The van der Waals surface area contributed by atoms with Crippen LogP contribution in [-0.4, -0.2) is 90.6 Å². The summed E-state index contributed by atoms with van der Waals surface area (Å²) >= 11 is 0. The molecule has 176 valence electrons. The molecule has 1 aromatic rings. The van der Waals surface area contributed by atoms with Crippen LogP contribution < -0.4 is 5.32 Å². The molecule has 1 aromatic carbocycles. The molecule has 7 heteroatoms. The second kappa shape index (κ2) is 11.1. The van der Waals surface area contributed by atoms with Crippen LogP contribution in [0, 0.1) is 0 Å². The fourth-order valence-electron chi connectivity index (χ4n) is 5.33. The van der Waals surface area contributed by atoms with Gasteiger partial charge in [0.25, 0.3) is 0 Å². The lowest BCUT2D eigenvalue weighted by molar-refractivity contribution is -0.129. The average Bonchev–Trinajstić information content (AvgIpc) is 3.44. The molecule has 0 aromatic heterocycles. The molecule has 0 radical (unpaired) electrons. The number of rotatable bonds is 8. The normalized spacial score (nSPS) is 25.3. The minimum Gasteiger partial charge on any atom is -0.373 e. The van der Waals surface area contributed by atoms with Crippen LogP contribution in [0.5, 0.6) is 0 Å². The standard InChI is InChI=1S/C25H39N5O2/c1-3-21(30-14-8-11-24(30)31)12-13-27-25(26-4-2)29-18-22-23(19-29)32-16-15-28(22)17-20-9-6-5-7-10-20/h5-7,9-10,21-23H,3-4,8,11-19H2,1-2H3,(H,26,27). The van der Waals surface area contributed by atoms with Crippen LogP contribution in [0.1, 0.15) is 45.1 Å². The van der Waals surface area contributed by atoms with Crippen LogP contribution in [0.4, 0.5) is 0 Å². The van der Waals surface area contributed by atoms with Crippen LogP contribution in [0.3, 0.4) is 0 Å². The number of hydrogen-bond donors (Lipinski definition) is 1. The number of fused-ring (bicyclic) bond motifs is 1. The molecular weight excluding hydrogens is 402 g/mol. The zero-order valence-electron chi connectivity index (χ0n) is 19.7. The molecule has 3 unspecified atom stereocenters. The number of likely N-dealkylation sites (tertiary alicyclic amines) is 2. The summed E-state index contributed by atoms with van der Waals surface area (Å²) in [6.45, 7) is 11.3. The molecule has 32 heavy (non-hydrogen) atoms. The van der Waals surface area contributed by atoms with Crippen molar-refractivity contribution in [3.63, 3.8) is 0 Å². The summed E-state index contributed by atoms with van der Waals surface area (Å²) in [5.41, 5.74) is 1.36. The van der Waals surface area contributed by atoms with E-state index in [1.165, 1.54) is 5.56 Å². The number of nitrogens with zero attached hydrogens (tertiary/aromatic N) is 4. The summed E-state index contributed by atoms with van der Waals surface area (Å²) in [6, 6.07) is 11.4. The lowest BCUT2D eigenvalue weighted by Gasteiger charge is -2.36. The Balaban J connectivity index is 1.37. The van der Waals surface area contributed by atoms with Gasteiger partial charge in [-0.15, -0.1) is 0 Å². The molecule has 3 fully saturated rings. The van der Waals surface area contributed by atoms with E-state index in [4.69, 9.17) is 9.73 Å². The Labute approximate surface area is 192 Å². The summed E-state index contributed by atoms with van der Waals surface area (Å²) in [4.78, 5) is 24.1. The fraction of sp³-hybridized carbons (Fsp3) is 0.680. The van der Waals surface area contributed by atoms with Gasteiger partial charge in [-0.05, 0) is 31.7 Å². The van der Waals surface area contributed by atoms with Crippen molar-refractivity contribution in [2.24, 2.45) is 4.99 Å². The molecule has 7 nitrogen and oxygen atoms in total. The second-order valence-corrected chi connectivity index (χ2v) is 9.11. The summed E-state index contributed by atoms with van der Waals surface area (Å²) in [5, 5.41) is 3.49. The first-order valence-electron chi connectivity index (χ1n) is 12.4. The van der Waals surface area contributed by atoms with Crippen molar-refractivity contribution in [3.05, 3.63) is 35.9 Å². The summed E-state index contributed by atoms with van der Waals surface area (Å²) in [6.07, 6.45) is 3.85. The highest BCUT2D eigenvalue weighted by Gasteiger charge is 2.41. The lowest BCUT2D eigenvalue weighted by atomic mass is 10.1. The number of carbonyl (C=O) groups is 1. The zero-order valence-corrected chi connectivity index (χ0v) is 19.7. The highest BCUT2D eigenvalue weighted by atomic mass is 16.5. The number of benzene rings is 1. The van der Waals surface area contributed by atoms with Gasteiger partial charge in [-0.2, -0.15) is 0 Å². The topological polar surface area (TPSA) is 60.4 Å². The summed E-state index contributed by atoms with van der Waals surface area (Å²) in [7, 11) is 0. The predicted octanol–water partition coefficient (Wildman–Crippen LogP) is 2.33. The Morgan fingerprint density at radius 3 is 2.78 bits per heavy atom. The maximum Gasteiger partial charge on any atom is 0.222 e. The third-order valence-electron chi connectivity index (χ3n) is 7.03. The lowest BCUT2D eigenvalue weighted by Crippen LogP contribution is -2.50. The Morgan fingerprint density at radius 2 is 2.06 bits per heavy atom. The third-order valence-corrected chi connectivity index (χ3v) is 7.03. The largest absolute Gasteiger partial charge is 0.373 e. The Kier molecular flexibility index (Phi) is 8.03. The van der Waals surface area contributed by atoms with Crippen molar-refractivity contribution < 1.29 is 9.53 Å². The Hall–Kier alpha value is -2.12. The smallest absolute Gasteiger partial charge is 0.222 e. The van der Waals surface area contributed by atoms with Gasteiger partial charge in [-0.3, -0.25) is 14.7 Å². The van der Waals surface area contributed by atoms with Gasteiger partial charge >= 0.3 is 0 Å². The number of aliphatic imine (C=N–C) groups is 1. The van der Waals surface area contributed by atoms with Gasteiger partial charge in [0.2, 0.25) is 5.91 Å². The number of hydrogen-bond acceptors (Lipinski definition) is 4. The van der Waals surface area contributed by atoms with E-state index >= 15 is 0 Å². The van der Waals surface area contributed by atoms with Crippen molar-refractivity contribution in [1.82, 2.24) is 20.0 Å². The maximum absolute atomic E-state index is 12.1. The average molecular weight is 442 g/mol. The number of ether oxygens (including phenoxy) is 1. The first kappa shape index (κ1) is 23.1. The van der Waals surface area contributed by atoms with Gasteiger partial charge in [0.05, 0.1) is 18.8 Å². The molecule has 1 N–H and O–H groups in total. The first-order chi connectivity index (χ1) is 15.7. The molecule has 0 saturated carbocycles. The number of nitrogens with one attached hydrogen (secondary N) is 1. The van der Waals surface area contributed by atoms with Crippen LogP contribution >= 0.6 is 0 Å². The van der Waals surface area contributed by atoms with E-state index < -0.39 is 0 Å². The quantitative estimate of drug-likeness (QED) is 0.496. The predicted molar refractivity (Wildman–Crippen MR) is 128 cm³/mol. The molecule has 3 aliphatic rings. The van der Waals surface area contributed by atoms with E-state index in [2.05, 4.69) is 64.2 Å².